The molecule has 0 spiro atoms. The third-order valence-electron chi connectivity index (χ3n) is 2.75. The minimum atomic E-state index is -0.695. The van der Waals surface area contributed by atoms with Crippen LogP contribution in [0.3, 0.4) is 0 Å². The molecule has 0 fully saturated rings. The number of nitrogens with one attached hydrogen (secondary N) is 1. The molecule has 0 aliphatic rings. The average Bonchev–Trinajstić information content (AvgIpc) is 2.44. The summed E-state index contributed by atoms with van der Waals surface area (Å²) in [5, 5.41) is 2.98. The van der Waals surface area contributed by atoms with Crippen LogP contribution in [0, 0.1) is 5.82 Å². The smallest absolute Gasteiger partial charge is 0.332 e. The molecule has 0 aliphatic heterocycles. The van der Waals surface area contributed by atoms with Crippen molar-refractivity contribution in [2.75, 3.05) is 12.4 Å². The van der Waals surface area contributed by atoms with Gasteiger partial charge in [0.25, 0.3) is 0 Å². The Balaban J connectivity index is 2.31. The van der Waals surface area contributed by atoms with Crippen LogP contribution < -0.4 is 5.32 Å². The van der Waals surface area contributed by atoms with Crippen molar-refractivity contribution >= 4 is 27.6 Å². The number of hydrogen-bond acceptors (Lipinski definition) is 3. The summed E-state index contributed by atoms with van der Waals surface area (Å²) >= 11 is 3.36. The normalized spacial score (nSPS) is 11.8. The Morgan fingerprint density at radius 1 is 1.25 bits per heavy atom. The maximum Gasteiger partial charge on any atom is 0.332 e. The van der Waals surface area contributed by atoms with E-state index in [-0.39, 0.29) is 5.82 Å². The number of methoxy groups -OCH3 is 1. The number of halogens is 2. The summed E-state index contributed by atoms with van der Waals surface area (Å²) in [4.78, 5) is 11.9. The van der Waals surface area contributed by atoms with E-state index in [1.165, 1.54) is 19.2 Å². The molecule has 0 radical (unpaired) electrons. The fourth-order valence-electron chi connectivity index (χ4n) is 1.83. The predicted molar refractivity (Wildman–Crippen MR) is 78.9 cm³/mol. The highest BCUT2D eigenvalue weighted by molar-refractivity contribution is 9.10. The Labute approximate surface area is 124 Å². The summed E-state index contributed by atoms with van der Waals surface area (Å²) in [6.07, 6.45) is 0. The van der Waals surface area contributed by atoms with Gasteiger partial charge in [-0.3, -0.25) is 0 Å². The Morgan fingerprint density at radius 3 is 2.65 bits per heavy atom. The summed E-state index contributed by atoms with van der Waals surface area (Å²) in [6.45, 7) is 0. The summed E-state index contributed by atoms with van der Waals surface area (Å²) in [6, 6.07) is 12.5. The molecule has 1 N–H and O–H groups in total. The van der Waals surface area contributed by atoms with Crippen LogP contribution in [0.25, 0.3) is 0 Å². The van der Waals surface area contributed by atoms with Gasteiger partial charge in [-0.25, -0.2) is 9.18 Å². The fraction of sp³-hybridized carbons (Fsp3) is 0.133. The van der Waals surface area contributed by atoms with Gasteiger partial charge in [0, 0.05) is 10.2 Å². The molecule has 3 nitrogen and oxygen atoms in total. The van der Waals surface area contributed by atoms with Gasteiger partial charge < -0.3 is 10.1 Å². The van der Waals surface area contributed by atoms with E-state index in [2.05, 4.69) is 21.2 Å². The van der Waals surface area contributed by atoms with Crippen LogP contribution in [0.5, 0.6) is 0 Å². The van der Waals surface area contributed by atoms with Crippen molar-refractivity contribution in [3.8, 4) is 0 Å². The van der Waals surface area contributed by atoms with Gasteiger partial charge in [0.2, 0.25) is 0 Å². The lowest BCUT2D eigenvalue weighted by molar-refractivity contribution is -0.141. The molecule has 1 atom stereocenters. The minimum absolute atomic E-state index is 0.368. The highest BCUT2D eigenvalue weighted by Crippen LogP contribution is 2.24. The largest absolute Gasteiger partial charge is 0.467 e. The second kappa shape index (κ2) is 6.52. The van der Waals surface area contributed by atoms with Crippen molar-refractivity contribution in [3.63, 3.8) is 0 Å². The molecule has 0 saturated carbocycles. The molecule has 0 heterocycles. The Morgan fingerprint density at radius 2 is 2.00 bits per heavy atom. The zero-order chi connectivity index (χ0) is 14.5. The van der Waals surface area contributed by atoms with E-state index in [1.807, 2.05) is 18.2 Å². The van der Waals surface area contributed by atoms with Gasteiger partial charge >= 0.3 is 5.97 Å². The molecule has 0 saturated heterocycles. The highest BCUT2D eigenvalue weighted by atomic mass is 79.9. The van der Waals surface area contributed by atoms with Crippen LogP contribution in [-0.4, -0.2) is 13.1 Å². The average molecular weight is 338 g/mol. The standard InChI is InChI=1S/C15H13BrFNO2/c1-20-15(19)14(10-4-2-5-11(16)8-10)18-13-7-3-6-12(17)9-13/h2-9,14,18H,1H3. The monoisotopic (exact) mass is 337 g/mol. The quantitative estimate of drug-likeness (QED) is 0.859. The number of benzene rings is 2. The lowest BCUT2D eigenvalue weighted by Crippen LogP contribution is -2.22. The topological polar surface area (TPSA) is 38.3 Å². The molecule has 20 heavy (non-hydrogen) atoms. The lowest BCUT2D eigenvalue weighted by Gasteiger charge is -2.18. The molecule has 0 amide bonds. The maximum absolute atomic E-state index is 13.2. The first-order chi connectivity index (χ1) is 9.60. The van der Waals surface area contributed by atoms with Gasteiger partial charge in [0.1, 0.15) is 5.82 Å². The maximum atomic E-state index is 13.2. The van der Waals surface area contributed by atoms with Gasteiger partial charge in [-0.2, -0.15) is 0 Å². The summed E-state index contributed by atoms with van der Waals surface area (Å²) < 4.78 is 18.9. The fourth-order valence-corrected chi connectivity index (χ4v) is 2.24. The first-order valence-corrected chi connectivity index (χ1v) is 6.75. The van der Waals surface area contributed by atoms with Crippen molar-refractivity contribution in [1.82, 2.24) is 0 Å². The summed E-state index contributed by atoms with van der Waals surface area (Å²) in [5.74, 6) is -0.805. The van der Waals surface area contributed by atoms with E-state index >= 15 is 0 Å². The zero-order valence-electron chi connectivity index (χ0n) is 10.8. The number of rotatable bonds is 4. The van der Waals surface area contributed by atoms with E-state index in [0.717, 1.165) is 10.0 Å². The van der Waals surface area contributed by atoms with Crippen LogP contribution in [0.15, 0.2) is 53.0 Å². The van der Waals surface area contributed by atoms with E-state index in [9.17, 15) is 9.18 Å². The molecule has 2 rings (SSSR count). The first-order valence-electron chi connectivity index (χ1n) is 5.95. The van der Waals surface area contributed by atoms with E-state index in [4.69, 9.17) is 4.74 Å². The second-order valence-electron chi connectivity index (χ2n) is 4.17. The van der Waals surface area contributed by atoms with E-state index in [1.54, 1.807) is 18.2 Å². The lowest BCUT2D eigenvalue weighted by atomic mass is 10.1. The van der Waals surface area contributed by atoms with Gasteiger partial charge in [-0.15, -0.1) is 0 Å². The SMILES string of the molecule is COC(=O)C(Nc1cccc(F)c1)c1cccc(Br)c1. The Hall–Kier alpha value is -1.88. The van der Waals surface area contributed by atoms with E-state index in [0.29, 0.717) is 5.69 Å². The summed E-state index contributed by atoms with van der Waals surface area (Å²) in [5.41, 5.74) is 1.25. The molecule has 0 aromatic heterocycles. The number of hydrogen-bond donors (Lipinski definition) is 1. The third-order valence-corrected chi connectivity index (χ3v) is 3.25. The molecular weight excluding hydrogens is 325 g/mol. The number of anilines is 1. The summed E-state index contributed by atoms with van der Waals surface area (Å²) in [7, 11) is 1.32. The number of esters is 1. The molecule has 5 heteroatoms. The molecular formula is C15H13BrFNO2. The number of carbonyl (C=O) groups excluding carboxylic acids is 1. The molecule has 104 valence electrons. The van der Waals surface area contributed by atoms with Crippen molar-refractivity contribution in [1.29, 1.82) is 0 Å². The second-order valence-corrected chi connectivity index (χ2v) is 5.08. The first kappa shape index (κ1) is 14.5. The van der Waals surface area contributed by atoms with Gasteiger partial charge in [0.15, 0.2) is 6.04 Å². The van der Waals surface area contributed by atoms with Crippen LogP contribution in [0.4, 0.5) is 10.1 Å². The third kappa shape index (κ3) is 3.57. The van der Waals surface area contributed by atoms with Crippen molar-refractivity contribution in [2.24, 2.45) is 0 Å². The highest BCUT2D eigenvalue weighted by Gasteiger charge is 2.21. The predicted octanol–water partition coefficient (Wildman–Crippen LogP) is 3.91. The van der Waals surface area contributed by atoms with Crippen LogP contribution in [-0.2, 0) is 9.53 Å². The van der Waals surface area contributed by atoms with Crippen LogP contribution in [0.1, 0.15) is 11.6 Å². The van der Waals surface area contributed by atoms with Crippen molar-refractivity contribution < 1.29 is 13.9 Å². The number of ether oxygens (including phenoxy) is 1. The zero-order valence-corrected chi connectivity index (χ0v) is 12.4. The Bertz CT molecular complexity index is 618. The van der Waals surface area contributed by atoms with Gasteiger partial charge in [0.05, 0.1) is 7.11 Å². The van der Waals surface area contributed by atoms with Crippen LogP contribution in [0.2, 0.25) is 0 Å². The minimum Gasteiger partial charge on any atom is -0.467 e. The molecule has 1 unspecified atom stereocenters. The van der Waals surface area contributed by atoms with Crippen LogP contribution >= 0.6 is 15.9 Å². The van der Waals surface area contributed by atoms with Crippen molar-refractivity contribution in [3.05, 3.63) is 64.4 Å². The number of carbonyl (C=O) groups is 1. The molecule has 0 aliphatic carbocycles. The van der Waals surface area contributed by atoms with Gasteiger partial charge in [-0.1, -0.05) is 34.1 Å². The molecule has 2 aromatic carbocycles. The van der Waals surface area contributed by atoms with Gasteiger partial charge in [-0.05, 0) is 35.9 Å². The Kier molecular flexibility index (Phi) is 4.74. The van der Waals surface area contributed by atoms with E-state index < -0.39 is 12.0 Å². The van der Waals surface area contributed by atoms with Crippen molar-refractivity contribution in [2.45, 2.75) is 6.04 Å². The molecule has 0 bridgehead atoms. The molecule has 2 aromatic rings.